The van der Waals surface area contributed by atoms with Gasteiger partial charge in [-0.05, 0) is 43.3 Å². The van der Waals surface area contributed by atoms with Gasteiger partial charge in [0.25, 0.3) is 5.91 Å². The molecule has 1 aromatic carbocycles. The van der Waals surface area contributed by atoms with Gasteiger partial charge in [0.05, 0.1) is 45.3 Å². The van der Waals surface area contributed by atoms with Crippen LogP contribution in [0.3, 0.4) is 0 Å². The Labute approximate surface area is 161 Å². The summed E-state index contributed by atoms with van der Waals surface area (Å²) in [5.41, 5.74) is 2.02. The number of carbonyl (C=O) groups is 1. The first kappa shape index (κ1) is 18.6. The Morgan fingerprint density at radius 2 is 1.96 bits per heavy atom. The molecule has 2 aromatic heterocycles. The number of halogens is 1. The highest BCUT2D eigenvalue weighted by molar-refractivity contribution is 9.10. The van der Waals surface area contributed by atoms with Crippen LogP contribution in [-0.4, -0.2) is 49.6 Å². The van der Waals surface area contributed by atoms with Gasteiger partial charge in [-0.3, -0.25) is 4.79 Å². The average molecular weight is 417 g/mol. The molecule has 26 heavy (non-hydrogen) atoms. The third kappa shape index (κ3) is 4.31. The molecule has 0 spiro atoms. The van der Waals surface area contributed by atoms with Crippen molar-refractivity contribution in [2.45, 2.75) is 6.92 Å². The quantitative estimate of drug-likeness (QED) is 0.639. The largest absolute Gasteiger partial charge is 0.460 e. The van der Waals surface area contributed by atoms with Crippen LogP contribution in [0.5, 0.6) is 0 Å². The number of rotatable bonds is 5. The molecule has 0 aliphatic rings. The Balaban J connectivity index is 2.01. The molecule has 1 amide bonds. The van der Waals surface area contributed by atoms with E-state index in [-0.39, 0.29) is 5.91 Å². The van der Waals surface area contributed by atoms with Crippen LogP contribution in [0.25, 0.3) is 22.4 Å². The molecule has 5 nitrogen and oxygen atoms in total. The molecule has 0 bridgehead atoms. The predicted octanol–water partition coefficient (Wildman–Crippen LogP) is 4.00. The Morgan fingerprint density at radius 3 is 2.62 bits per heavy atom. The van der Waals surface area contributed by atoms with E-state index in [2.05, 4.69) is 47.4 Å². The van der Waals surface area contributed by atoms with Gasteiger partial charge in [0.15, 0.2) is 5.76 Å². The first-order valence-electron chi connectivity index (χ1n) is 8.49. The van der Waals surface area contributed by atoms with Gasteiger partial charge < -0.3 is 14.2 Å². The minimum Gasteiger partial charge on any atom is -0.460 e. The predicted molar refractivity (Wildman–Crippen MR) is 107 cm³/mol. The number of quaternary nitrogens is 1. The van der Waals surface area contributed by atoms with Gasteiger partial charge in [-0.2, -0.15) is 0 Å². The molecule has 0 aliphatic carbocycles. The topological polar surface area (TPSA) is 55.1 Å². The highest BCUT2D eigenvalue weighted by atomic mass is 79.9. The van der Waals surface area contributed by atoms with Crippen LogP contribution in [0, 0.1) is 6.92 Å². The van der Waals surface area contributed by atoms with E-state index in [1.807, 2.05) is 37.3 Å². The summed E-state index contributed by atoms with van der Waals surface area (Å²) in [6.07, 6.45) is 0. The first-order chi connectivity index (χ1) is 12.2. The molecule has 0 saturated carbocycles. The number of nitrogens with zero attached hydrogens (tertiary/aromatic N) is 2. The van der Waals surface area contributed by atoms with Gasteiger partial charge in [0.2, 0.25) is 0 Å². The fourth-order valence-electron chi connectivity index (χ4n) is 2.68. The van der Waals surface area contributed by atoms with Crippen LogP contribution in [-0.2, 0) is 0 Å². The lowest BCUT2D eigenvalue weighted by atomic mass is 10.1. The van der Waals surface area contributed by atoms with Gasteiger partial charge in [-0.25, -0.2) is 4.98 Å². The number of fused-ring (bicyclic) bond motifs is 1. The third-order valence-electron chi connectivity index (χ3n) is 4.08. The molecule has 3 rings (SSSR count). The van der Waals surface area contributed by atoms with E-state index in [9.17, 15) is 4.79 Å². The molecule has 1 N–H and O–H groups in total. The number of hydrogen-bond donors (Lipinski definition) is 1. The summed E-state index contributed by atoms with van der Waals surface area (Å²) >= 11 is 3.48. The van der Waals surface area contributed by atoms with Crippen LogP contribution < -0.4 is 5.32 Å². The molecule has 0 unspecified atom stereocenters. The molecule has 136 valence electrons. The number of aromatic nitrogens is 1. The summed E-state index contributed by atoms with van der Waals surface area (Å²) in [6, 6.07) is 11.3. The maximum Gasteiger partial charge on any atom is 0.252 e. The monoisotopic (exact) mass is 416 g/mol. The van der Waals surface area contributed by atoms with Crippen LogP contribution in [0.15, 0.2) is 45.3 Å². The van der Waals surface area contributed by atoms with Crippen LogP contribution in [0.1, 0.15) is 16.1 Å². The van der Waals surface area contributed by atoms with Crippen LogP contribution in [0.4, 0.5) is 0 Å². The van der Waals surface area contributed by atoms with Crippen molar-refractivity contribution >= 4 is 32.7 Å². The SMILES string of the molecule is Cc1ccc(-c2cc(C(=O)NCC[N+](C)(C)C)c3cc(Br)ccc3n2)o1. The Morgan fingerprint density at radius 1 is 1.19 bits per heavy atom. The van der Waals surface area contributed by atoms with Gasteiger partial charge >= 0.3 is 0 Å². The number of amides is 1. The highest BCUT2D eigenvalue weighted by Crippen LogP contribution is 2.28. The zero-order chi connectivity index (χ0) is 18.9. The molecule has 0 aliphatic heterocycles. The van der Waals surface area contributed by atoms with E-state index in [4.69, 9.17) is 4.42 Å². The molecule has 0 atom stereocenters. The maximum absolute atomic E-state index is 12.9. The number of hydrogen-bond acceptors (Lipinski definition) is 3. The number of benzene rings is 1. The highest BCUT2D eigenvalue weighted by Gasteiger charge is 2.16. The van der Waals surface area contributed by atoms with Gasteiger partial charge in [-0.15, -0.1) is 0 Å². The fourth-order valence-corrected chi connectivity index (χ4v) is 3.05. The van der Waals surface area contributed by atoms with Crippen molar-refractivity contribution < 1.29 is 13.7 Å². The molecular formula is C20H23BrN3O2+. The maximum atomic E-state index is 12.9. The van der Waals surface area contributed by atoms with E-state index >= 15 is 0 Å². The van der Waals surface area contributed by atoms with Gasteiger partial charge in [0.1, 0.15) is 11.5 Å². The van der Waals surface area contributed by atoms with E-state index in [0.29, 0.717) is 23.6 Å². The zero-order valence-corrected chi connectivity index (χ0v) is 17.1. The summed E-state index contributed by atoms with van der Waals surface area (Å²) in [5.74, 6) is 1.37. The standard InChI is InChI=1S/C20H22BrN3O2/c1-13-5-8-19(26-13)18-12-16(20(25)22-9-10-24(2,3)4)15-11-14(21)6-7-17(15)23-18/h5-8,11-12H,9-10H2,1-4H3/p+1. The normalized spacial score (nSPS) is 11.7. The number of furan rings is 1. The molecule has 0 radical (unpaired) electrons. The minimum atomic E-state index is -0.103. The number of pyridine rings is 1. The van der Waals surface area contributed by atoms with Crippen molar-refractivity contribution in [2.75, 3.05) is 34.2 Å². The second kappa shape index (κ2) is 7.21. The number of likely N-dealkylation sites (N-methyl/N-ethyl adjacent to an activating group) is 1. The van der Waals surface area contributed by atoms with Crippen LogP contribution >= 0.6 is 15.9 Å². The Bertz CT molecular complexity index is 957. The molecular weight excluding hydrogens is 394 g/mol. The first-order valence-corrected chi connectivity index (χ1v) is 9.28. The molecule has 3 aromatic rings. The lowest BCUT2D eigenvalue weighted by molar-refractivity contribution is -0.869. The summed E-state index contributed by atoms with van der Waals surface area (Å²) < 4.78 is 7.40. The second-order valence-electron chi connectivity index (χ2n) is 7.40. The smallest absolute Gasteiger partial charge is 0.252 e. The van der Waals surface area contributed by atoms with Crippen molar-refractivity contribution in [3.05, 3.63) is 52.2 Å². The number of carbonyl (C=O) groups excluding carboxylic acids is 1. The van der Waals surface area contributed by atoms with Crippen molar-refractivity contribution in [2.24, 2.45) is 0 Å². The van der Waals surface area contributed by atoms with Gasteiger partial charge in [-0.1, -0.05) is 15.9 Å². The third-order valence-corrected chi connectivity index (χ3v) is 4.57. The molecule has 0 fully saturated rings. The summed E-state index contributed by atoms with van der Waals surface area (Å²) in [5, 5.41) is 3.84. The summed E-state index contributed by atoms with van der Waals surface area (Å²) in [4.78, 5) is 17.5. The van der Waals surface area contributed by atoms with Crippen molar-refractivity contribution in [1.82, 2.24) is 10.3 Å². The van der Waals surface area contributed by atoms with Crippen molar-refractivity contribution in [3.63, 3.8) is 0 Å². The van der Waals surface area contributed by atoms with E-state index in [1.165, 1.54) is 0 Å². The lowest BCUT2D eigenvalue weighted by Gasteiger charge is -2.23. The molecule has 2 heterocycles. The van der Waals surface area contributed by atoms with E-state index < -0.39 is 0 Å². The second-order valence-corrected chi connectivity index (χ2v) is 8.31. The number of aryl methyl sites for hydroxylation is 1. The van der Waals surface area contributed by atoms with Crippen molar-refractivity contribution in [1.29, 1.82) is 0 Å². The number of nitrogens with one attached hydrogen (secondary N) is 1. The van der Waals surface area contributed by atoms with E-state index in [0.717, 1.165) is 32.2 Å². The van der Waals surface area contributed by atoms with E-state index in [1.54, 1.807) is 6.07 Å². The average Bonchev–Trinajstić information content (AvgIpc) is 2.99. The Kier molecular flexibility index (Phi) is 5.16. The fraction of sp³-hybridized carbons (Fsp3) is 0.300. The molecule has 0 saturated heterocycles. The summed E-state index contributed by atoms with van der Waals surface area (Å²) in [7, 11) is 6.30. The van der Waals surface area contributed by atoms with Crippen molar-refractivity contribution in [3.8, 4) is 11.5 Å². The molecule has 6 heteroatoms. The Hall–Kier alpha value is -2.18. The lowest BCUT2D eigenvalue weighted by Crippen LogP contribution is -2.41. The van der Waals surface area contributed by atoms with Crippen LogP contribution in [0.2, 0.25) is 0 Å². The summed E-state index contributed by atoms with van der Waals surface area (Å²) in [6.45, 7) is 3.35. The van der Waals surface area contributed by atoms with Gasteiger partial charge in [0, 0.05) is 9.86 Å². The minimum absolute atomic E-state index is 0.103. The zero-order valence-electron chi connectivity index (χ0n) is 15.5.